The van der Waals surface area contributed by atoms with Gasteiger partial charge >= 0.3 is 15.6 Å². The Morgan fingerprint density at radius 1 is 0.667 bits per heavy atom. The third kappa shape index (κ3) is 8730. The first-order valence-electron chi connectivity index (χ1n) is 1.94. The molecule has 0 unspecified atom stereocenters. The molecule has 0 aromatic rings. The van der Waals surface area contributed by atoms with E-state index in [0.717, 1.165) is 0 Å². The molecule has 0 aliphatic rings. The van der Waals surface area contributed by atoms with Gasteiger partial charge < -0.3 is 29.4 Å². The van der Waals surface area contributed by atoms with Crippen molar-refractivity contribution in [2.75, 3.05) is 6.38 Å². The van der Waals surface area contributed by atoms with Crippen LogP contribution < -0.4 is 0 Å². The van der Waals surface area contributed by atoms with Crippen molar-refractivity contribution in [2.45, 2.75) is 22.3 Å². The molecule has 0 saturated heterocycles. The van der Waals surface area contributed by atoms with E-state index in [9.17, 15) is 0 Å². The molecule has 0 aliphatic carbocycles. The molecule has 0 amide bonds. The van der Waals surface area contributed by atoms with Crippen molar-refractivity contribution in [1.82, 2.24) is 0 Å². The van der Waals surface area contributed by atoms with Gasteiger partial charge in [-0.3, -0.25) is 0 Å². The normalized spacial score (nSPS) is 8.27. The van der Waals surface area contributed by atoms with E-state index in [4.69, 9.17) is 38.5 Å². The van der Waals surface area contributed by atoms with Gasteiger partial charge in [0.1, 0.15) is 0 Å². The number of rotatable bonds is 0. The maximum Gasteiger partial charge on any atom is 0.466 e. The number of hydrogen-bond acceptors (Lipinski definition) is 2. The highest BCUT2D eigenvalue weighted by atomic mass is 35.5. The number of hydrogen-bond donors (Lipinski definition) is 6. The van der Waals surface area contributed by atoms with Gasteiger partial charge in [-0.05, 0) is 0 Å². The lowest BCUT2D eigenvalue weighted by molar-refractivity contribution is 0.272. The highest BCUT2D eigenvalue weighted by Gasteiger charge is 2.00. The fraction of sp³-hybridized carbons (Fsp3) is 1.00. The van der Waals surface area contributed by atoms with E-state index >= 15 is 0 Å². The minimum Gasteiger partial charge on any atom is -0.303 e. The lowest BCUT2D eigenvalue weighted by atomic mass is 12.0. The molecule has 8 nitrogen and oxygen atoms in total. The van der Waals surface area contributed by atoms with Gasteiger partial charge in [-0.1, -0.05) is 22.3 Å². The molecule has 15 heavy (non-hydrogen) atoms. The summed E-state index contributed by atoms with van der Waals surface area (Å²) in [5.41, 5.74) is 0. The summed E-state index contributed by atoms with van der Waals surface area (Å²) in [6, 6.07) is 0. The molecule has 0 rings (SSSR count). The molecule has 0 aromatic heterocycles. The highest BCUT2D eigenvalue weighted by Crippen LogP contribution is 2.26. The van der Waals surface area contributed by atoms with Crippen molar-refractivity contribution < 1.29 is 38.5 Å². The van der Waals surface area contributed by atoms with E-state index in [2.05, 4.69) is 11.6 Å². The Labute approximate surface area is 95.0 Å². The quantitative estimate of drug-likeness (QED) is 0.284. The Bertz CT molecular complexity index is 137. The monoisotopic (exact) mass is 294 g/mol. The summed E-state index contributed by atoms with van der Waals surface area (Å²) in [5.74, 6) is 0. The predicted molar refractivity (Wildman–Crippen MR) is 60.5 cm³/mol. The van der Waals surface area contributed by atoms with Crippen molar-refractivity contribution in [3.63, 3.8) is 0 Å². The van der Waals surface area contributed by atoms with Gasteiger partial charge in [0.15, 0.2) is 0 Å². The van der Waals surface area contributed by atoms with Gasteiger partial charge in [0, 0.05) is 6.38 Å². The van der Waals surface area contributed by atoms with Crippen molar-refractivity contribution in [3.8, 4) is 0 Å². The fourth-order valence-corrected chi connectivity index (χ4v) is 0. The minimum absolute atomic E-state index is 0. The maximum atomic E-state index is 8.88. The van der Waals surface area contributed by atoms with Crippen molar-refractivity contribution in [1.29, 1.82) is 0 Å². The van der Waals surface area contributed by atoms with Gasteiger partial charge in [-0.25, -0.2) is 9.13 Å². The standard InChI is InChI=1S/CH3Cl.3CH4.2H3O4P/c1-2;;;;2*1-5(2,3)4/h1H3;3*1H4;2*(H3,1,2,3,4). The van der Waals surface area contributed by atoms with E-state index in [1.54, 1.807) is 0 Å². The van der Waals surface area contributed by atoms with E-state index in [-0.39, 0.29) is 22.3 Å². The lowest BCUT2D eigenvalue weighted by Crippen LogP contribution is -1.66. The molecule has 0 aromatic carbocycles. The molecule has 102 valence electrons. The molecule has 0 aliphatic heterocycles. The topological polar surface area (TPSA) is 156 Å². The van der Waals surface area contributed by atoms with Gasteiger partial charge in [-0.2, -0.15) is 0 Å². The Morgan fingerprint density at radius 3 is 0.667 bits per heavy atom. The second-order valence-electron chi connectivity index (χ2n) is 1.03. The Balaban J connectivity index is -0.0000000197. The molecular formula is C4H21ClO8P2. The number of halogens is 1. The van der Waals surface area contributed by atoms with Crippen LogP contribution in [0.4, 0.5) is 0 Å². The second-order valence-corrected chi connectivity index (χ2v) is 3.08. The SMILES string of the molecule is C.C.C.CCl.O=P(O)(O)O.O=P(O)(O)O. The van der Waals surface area contributed by atoms with Crippen LogP contribution in [0, 0.1) is 0 Å². The molecule has 0 heterocycles. The first-order valence-corrected chi connectivity index (χ1v) is 5.83. The summed E-state index contributed by atoms with van der Waals surface area (Å²) in [7, 11) is -9.28. The zero-order valence-electron chi connectivity index (χ0n) is 5.77. The number of alkyl halides is 1. The average Bonchev–Trinajstić information content (AvgIpc) is 1.59. The zero-order valence-corrected chi connectivity index (χ0v) is 8.32. The van der Waals surface area contributed by atoms with Crippen molar-refractivity contribution >= 4 is 27.2 Å². The first-order chi connectivity index (χ1) is 5.00. The molecule has 0 bridgehead atoms. The molecule has 0 radical (unpaired) electrons. The fourth-order valence-electron chi connectivity index (χ4n) is 0. The summed E-state index contributed by atoms with van der Waals surface area (Å²) < 4.78 is 17.8. The molecule has 0 fully saturated rings. The summed E-state index contributed by atoms with van der Waals surface area (Å²) in [6.45, 7) is 0. The smallest absolute Gasteiger partial charge is 0.303 e. The van der Waals surface area contributed by atoms with Gasteiger partial charge in [0.25, 0.3) is 0 Å². The third-order valence-corrected chi connectivity index (χ3v) is 0. The third-order valence-electron chi connectivity index (χ3n) is 0. The van der Waals surface area contributed by atoms with Crippen LogP contribution in [-0.4, -0.2) is 35.7 Å². The van der Waals surface area contributed by atoms with Crippen LogP contribution in [0.1, 0.15) is 22.3 Å². The first kappa shape index (κ1) is 36.1. The van der Waals surface area contributed by atoms with Crippen LogP contribution in [0.5, 0.6) is 0 Å². The van der Waals surface area contributed by atoms with Gasteiger partial charge in [-0.15, -0.1) is 11.6 Å². The van der Waals surface area contributed by atoms with Gasteiger partial charge in [0.2, 0.25) is 0 Å². The molecule has 0 spiro atoms. The summed E-state index contributed by atoms with van der Waals surface area (Å²) in [4.78, 5) is 43.1. The Kier molecular flexibility index (Phi) is 40.7. The van der Waals surface area contributed by atoms with Crippen LogP contribution >= 0.6 is 27.2 Å². The second kappa shape index (κ2) is 16.9. The van der Waals surface area contributed by atoms with E-state index in [1.165, 1.54) is 6.38 Å². The Morgan fingerprint density at radius 2 is 0.667 bits per heavy atom. The Hall–Kier alpha value is 0.510. The molecule has 0 saturated carbocycles. The van der Waals surface area contributed by atoms with E-state index < -0.39 is 15.6 Å². The van der Waals surface area contributed by atoms with E-state index in [0.29, 0.717) is 0 Å². The van der Waals surface area contributed by atoms with Crippen molar-refractivity contribution in [2.24, 2.45) is 0 Å². The summed E-state index contributed by atoms with van der Waals surface area (Å²) >= 11 is 4.64. The van der Waals surface area contributed by atoms with Crippen LogP contribution in [0.25, 0.3) is 0 Å². The van der Waals surface area contributed by atoms with Crippen LogP contribution in [0.15, 0.2) is 0 Å². The number of phosphoric acid groups is 2. The predicted octanol–water partition coefficient (Wildman–Crippen LogP) is 0.906. The molecule has 6 N–H and O–H groups in total. The summed E-state index contributed by atoms with van der Waals surface area (Å²) in [5, 5.41) is 0. The summed E-state index contributed by atoms with van der Waals surface area (Å²) in [6.07, 6.45) is 1.47. The maximum absolute atomic E-state index is 8.88. The minimum atomic E-state index is -4.64. The van der Waals surface area contributed by atoms with Crippen LogP contribution in [0.2, 0.25) is 0 Å². The van der Waals surface area contributed by atoms with Gasteiger partial charge in [0.05, 0.1) is 0 Å². The zero-order chi connectivity index (χ0) is 11.0. The molecule has 11 heteroatoms. The molecular weight excluding hydrogens is 273 g/mol. The van der Waals surface area contributed by atoms with Crippen LogP contribution in [0.3, 0.4) is 0 Å². The largest absolute Gasteiger partial charge is 0.466 e. The lowest BCUT2D eigenvalue weighted by Gasteiger charge is -1.82. The van der Waals surface area contributed by atoms with E-state index in [1.807, 2.05) is 0 Å². The van der Waals surface area contributed by atoms with Crippen molar-refractivity contribution in [3.05, 3.63) is 0 Å². The van der Waals surface area contributed by atoms with Crippen LogP contribution in [-0.2, 0) is 9.13 Å². The average molecular weight is 295 g/mol. The highest BCUT2D eigenvalue weighted by molar-refractivity contribution is 7.45. The molecule has 0 atom stereocenters.